The first kappa shape index (κ1) is 24.6. The lowest BCUT2D eigenvalue weighted by atomic mass is 9.87. The molecule has 1 fully saturated rings. The number of phosphoric ester groups is 1. The Morgan fingerprint density at radius 3 is 2.57 bits per heavy atom. The molecule has 0 bridgehead atoms. The molecule has 1 aliphatic rings. The highest BCUT2D eigenvalue weighted by Crippen LogP contribution is 2.52. The van der Waals surface area contributed by atoms with Crippen molar-refractivity contribution >= 4 is 42.5 Å². The highest BCUT2D eigenvalue weighted by molar-refractivity contribution is 8.15. The SMILES string of the molecule is CCOC(=O)C(=O)SCCNC(=O)CCNC(=O)[C@@H]1OP(=O)(O)OCC1(C)C. The molecule has 0 aromatic rings. The van der Waals surface area contributed by atoms with E-state index in [1.165, 1.54) is 0 Å². The van der Waals surface area contributed by atoms with Crippen LogP contribution < -0.4 is 10.6 Å². The number of hydrogen-bond donors (Lipinski definition) is 3. The standard InChI is InChI=1S/C15H25N2O9PS/c1-4-24-13(20)14(21)28-8-7-16-10(18)5-6-17-12(19)11-15(2,3)9-25-27(22,23)26-11/h11H,4-9H2,1-3H3,(H,16,18)(H,17,19)(H,22,23)/t11-/m0/s1. The molecule has 1 unspecified atom stereocenters. The molecule has 1 heterocycles. The maximum absolute atomic E-state index is 12.2. The summed E-state index contributed by atoms with van der Waals surface area (Å²) in [5, 5.41) is 4.29. The quantitative estimate of drug-likeness (QED) is 0.203. The molecule has 11 nitrogen and oxygen atoms in total. The van der Waals surface area contributed by atoms with E-state index in [0.29, 0.717) is 0 Å². The van der Waals surface area contributed by atoms with E-state index >= 15 is 0 Å². The minimum Gasteiger partial charge on any atom is -0.460 e. The summed E-state index contributed by atoms with van der Waals surface area (Å²) >= 11 is 0.737. The Labute approximate surface area is 166 Å². The van der Waals surface area contributed by atoms with Crippen LogP contribution in [0.3, 0.4) is 0 Å². The Balaban J connectivity index is 2.27. The van der Waals surface area contributed by atoms with Gasteiger partial charge >= 0.3 is 13.8 Å². The third kappa shape index (κ3) is 8.27. The van der Waals surface area contributed by atoms with E-state index in [1.54, 1.807) is 20.8 Å². The number of hydrogen-bond acceptors (Lipinski definition) is 9. The maximum atomic E-state index is 12.2. The molecule has 3 N–H and O–H groups in total. The van der Waals surface area contributed by atoms with Crippen LogP contribution in [0.1, 0.15) is 27.2 Å². The maximum Gasteiger partial charge on any atom is 0.472 e. The van der Waals surface area contributed by atoms with Gasteiger partial charge < -0.3 is 20.3 Å². The van der Waals surface area contributed by atoms with Crippen molar-refractivity contribution in [3.63, 3.8) is 0 Å². The predicted molar refractivity (Wildman–Crippen MR) is 99.2 cm³/mol. The predicted octanol–water partition coefficient (Wildman–Crippen LogP) is -0.0262. The van der Waals surface area contributed by atoms with Gasteiger partial charge in [0.1, 0.15) is 0 Å². The van der Waals surface area contributed by atoms with E-state index in [2.05, 4.69) is 15.4 Å². The summed E-state index contributed by atoms with van der Waals surface area (Å²) in [6.07, 6.45) is -1.23. The summed E-state index contributed by atoms with van der Waals surface area (Å²) in [7, 11) is -4.27. The summed E-state index contributed by atoms with van der Waals surface area (Å²) in [6, 6.07) is 0. The number of carbonyl (C=O) groups is 4. The summed E-state index contributed by atoms with van der Waals surface area (Å²) < 4.78 is 25.6. The number of esters is 1. The average molecular weight is 440 g/mol. The molecule has 1 saturated heterocycles. The van der Waals surface area contributed by atoms with Gasteiger partial charge in [-0.3, -0.25) is 23.4 Å². The monoisotopic (exact) mass is 440 g/mol. The molecule has 160 valence electrons. The molecule has 0 saturated carbocycles. The molecule has 2 amide bonds. The van der Waals surface area contributed by atoms with Gasteiger partial charge in [-0.25, -0.2) is 9.36 Å². The van der Waals surface area contributed by atoms with Gasteiger partial charge in [-0.1, -0.05) is 25.6 Å². The third-order valence-electron chi connectivity index (χ3n) is 3.54. The molecule has 0 spiro atoms. The first-order valence-electron chi connectivity index (χ1n) is 8.52. The van der Waals surface area contributed by atoms with Crippen molar-refractivity contribution in [3.8, 4) is 0 Å². The van der Waals surface area contributed by atoms with Gasteiger partial charge in [0.25, 0.3) is 5.12 Å². The second kappa shape index (κ2) is 10.9. The minimum absolute atomic E-state index is 0.00784. The number of ether oxygens (including phenoxy) is 1. The number of amides is 2. The minimum atomic E-state index is -4.27. The number of thioether (sulfide) groups is 1. The van der Waals surface area contributed by atoms with Crippen LogP contribution in [-0.2, 0) is 37.5 Å². The van der Waals surface area contributed by atoms with E-state index in [1.807, 2.05) is 0 Å². The molecular formula is C15H25N2O9PS. The van der Waals surface area contributed by atoms with Crippen LogP contribution in [0, 0.1) is 5.41 Å². The molecule has 1 aliphatic heterocycles. The van der Waals surface area contributed by atoms with Crippen LogP contribution in [0.15, 0.2) is 0 Å². The van der Waals surface area contributed by atoms with Crippen molar-refractivity contribution in [2.24, 2.45) is 5.41 Å². The van der Waals surface area contributed by atoms with Gasteiger partial charge in [-0.05, 0) is 6.92 Å². The molecule has 13 heteroatoms. The molecule has 1 rings (SSSR count). The van der Waals surface area contributed by atoms with Crippen LogP contribution >= 0.6 is 19.6 Å². The van der Waals surface area contributed by atoms with Crippen molar-refractivity contribution in [1.29, 1.82) is 0 Å². The third-order valence-corrected chi connectivity index (χ3v) is 5.31. The van der Waals surface area contributed by atoms with Crippen LogP contribution in [0.5, 0.6) is 0 Å². The molecule has 28 heavy (non-hydrogen) atoms. The summed E-state index contributed by atoms with van der Waals surface area (Å²) in [5.74, 6) is -1.71. The molecule has 2 atom stereocenters. The zero-order valence-corrected chi connectivity index (χ0v) is 17.6. The number of rotatable bonds is 8. The highest BCUT2D eigenvalue weighted by atomic mass is 32.2. The van der Waals surface area contributed by atoms with Gasteiger partial charge in [0.15, 0.2) is 6.10 Å². The van der Waals surface area contributed by atoms with Crippen LogP contribution in [0.2, 0.25) is 0 Å². The van der Waals surface area contributed by atoms with Gasteiger partial charge in [0, 0.05) is 30.7 Å². The molecule has 0 radical (unpaired) electrons. The van der Waals surface area contributed by atoms with Crippen LogP contribution in [-0.4, -0.2) is 66.0 Å². The van der Waals surface area contributed by atoms with Gasteiger partial charge in [-0.15, -0.1) is 0 Å². The van der Waals surface area contributed by atoms with Gasteiger partial charge in [0.2, 0.25) is 11.8 Å². The summed E-state index contributed by atoms with van der Waals surface area (Å²) in [5.41, 5.74) is -0.814. The lowest BCUT2D eigenvalue weighted by Crippen LogP contribution is -2.49. The highest BCUT2D eigenvalue weighted by Gasteiger charge is 2.47. The Hall–Kier alpha value is -1.46. The van der Waals surface area contributed by atoms with Gasteiger partial charge in [-0.2, -0.15) is 0 Å². The summed E-state index contributed by atoms with van der Waals surface area (Å²) in [4.78, 5) is 55.8. The molecule has 0 aliphatic carbocycles. The second-order valence-corrected chi connectivity index (χ2v) is 8.94. The molecular weight excluding hydrogens is 415 g/mol. The van der Waals surface area contributed by atoms with E-state index in [0.717, 1.165) is 11.8 Å². The van der Waals surface area contributed by atoms with Crippen molar-refractivity contribution in [3.05, 3.63) is 0 Å². The number of carbonyl (C=O) groups excluding carboxylic acids is 4. The number of nitrogens with one attached hydrogen (secondary N) is 2. The second-order valence-electron chi connectivity index (χ2n) is 6.46. The fourth-order valence-corrected chi connectivity index (χ4v) is 3.87. The Morgan fingerprint density at radius 2 is 1.93 bits per heavy atom. The lowest BCUT2D eigenvalue weighted by molar-refractivity contribution is -0.149. The zero-order chi connectivity index (χ0) is 21.4. The Kier molecular flexibility index (Phi) is 9.58. The largest absolute Gasteiger partial charge is 0.472 e. The van der Waals surface area contributed by atoms with Crippen molar-refractivity contribution in [1.82, 2.24) is 10.6 Å². The smallest absolute Gasteiger partial charge is 0.460 e. The van der Waals surface area contributed by atoms with Crippen molar-refractivity contribution < 1.29 is 42.4 Å². The van der Waals surface area contributed by atoms with E-state index in [-0.39, 0.29) is 44.4 Å². The zero-order valence-electron chi connectivity index (χ0n) is 15.9. The van der Waals surface area contributed by atoms with Crippen LogP contribution in [0.25, 0.3) is 0 Å². The fourth-order valence-electron chi connectivity index (χ4n) is 2.10. The lowest BCUT2D eigenvalue weighted by Gasteiger charge is -2.38. The first-order valence-corrected chi connectivity index (χ1v) is 11.0. The van der Waals surface area contributed by atoms with Crippen molar-refractivity contribution in [2.45, 2.75) is 33.3 Å². The summed E-state index contributed by atoms with van der Waals surface area (Å²) in [6.45, 7) is 5.03. The van der Waals surface area contributed by atoms with E-state index in [9.17, 15) is 28.6 Å². The Morgan fingerprint density at radius 1 is 1.25 bits per heavy atom. The van der Waals surface area contributed by atoms with Gasteiger partial charge in [0.05, 0.1) is 13.2 Å². The van der Waals surface area contributed by atoms with E-state index < -0.39 is 36.3 Å². The average Bonchev–Trinajstić information content (AvgIpc) is 2.61. The van der Waals surface area contributed by atoms with Crippen molar-refractivity contribution in [2.75, 3.05) is 32.1 Å². The molecule has 0 aromatic heterocycles. The Bertz CT molecular complexity index is 655. The molecule has 0 aromatic carbocycles. The first-order chi connectivity index (χ1) is 13.0. The topological polar surface area (TPSA) is 157 Å². The number of phosphoric acid groups is 1. The van der Waals surface area contributed by atoms with E-state index in [4.69, 9.17) is 9.05 Å². The van der Waals surface area contributed by atoms with Crippen LogP contribution in [0.4, 0.5) is 0 Å². The fraction of sp³-hybridized carbons (Fsp3) is 0.733. The normalized spacial score (nSPS) is 23.5.